The fourth-order valence-corrected chi connectivity index (χ4v) is 3.93. The SMILES string of the molecule is c1cnc(CC(Cc2nc3ccccc3s2)C2CC2)nc1. The Balaban J connectivity index is 1.54. The van der Waals surface area contributed by atoms with Gasteiger partial charge in [-0.15, -0.1) is 11.3 Å². The molecule has 0 aliphatic heterocycles. The van der Waals surface area contributed by atoms with E-state index < -0.39 is 0 Å². The monoisotopic (exact) mass is 295 g/mol. The molecule has 1 aromatic carbocycles. The van der Waals surface area contributed by atoms with Gasteiger partial charge in [-0.1, -0.05) is 12.1 Å². The molecular weight excluding hydrogens is 278 g/mol. The molecule has 106 valence electrons. The van der Waals surface area contributed by atoms with Crippen molar-refractivity contribution in [3.8, 4) is 0 Å². The van der Waals surface area contributed by atoms with Gasteiger partial charge < -0.3 is 0 Å². The molecule has 0 saturated heterocycles. The lowest BCUT2D eigenvalue weighted by Gasteiger charge is -2.13. The van der Waals surface area contributed by atoms with Crippen LogP contribution in [0.25, 0.3) is 10.2 Å². The summed E-state index contributed by atoms with van der Waals surface area (Å²) >= 11 is 1.83. The summed E-state index contributed by atoms with van der Waals surface area (Å²) < 4.78 is 1.29. The maximum atomic E-state index is 4.78. The van der Waals surface area contributed by atoms with Crippen molar-refractivity contribution in [2.45, 2.75) is 25.7 Å². The number of rotatable bonds is 5. The first kappa shape index (κ1) is 12.9. The molecule has 1 aliphatic carbocycles. The molecule has 1 aliphatic rings. The van der Waals surface area contributed by atoms with Gasteiger partial charge in [-0.25, -0.2) is 15.0 Å². The molecule has 1 atom stereocenters. The lowest BCUT2D eigenvalue weighted by Crippen LogP contribution is -2.12. The van der Waals surface area contributed by atoms with Gasteiger partial charge in [0, 0.05) is 25.2 Å². The number of nitrogens with zero attached hydrogens (tertiary/aromatic N) is 3. The fourth-order valence-electron chi connectivity index (χ4n) is 2.87. The van der Waals surface area contributed by atoms with Gasteiger partial charge in [-0.3, -0.25) is 0 Å². The van der Waals surface area contributed by atoms with Crippen LogP contribution in [-0.2, 0) is 12.8 Å². The van der Waals surface area contributed by atoms with Gasteiger partial charge in [0.1, 0.15) is 5.82 Å². The summed E-state index contributed by atoms with van der Waals surface area (Å²) in [6, 6.07) is 10.3. The summed E-state index contributed by atoms with van der Waals surface area (Å²) in [4.78, 5) is 13.6. The van der Waals surface area contributed by atoms with Gasteiger partial charge in [0.15, 0.2) is 0 Å². The van der Waals surface area contributed by atoms with Crippen LogP contribution in [0.5, 0.6) is 0 Å². The topological polar surface area (TPSA) is 38.7 Å². The quantitative estimate of drug-likeness (QED) is 0.716. The van der Waals surface area contributed by atoms with Crippen LogP contribution in [0.2, 0.25) is 0 Å². The lowest BCUT2D eigenvalue weighted by atomic mass is 9.96. The Morgan fingerprint density at radius 3 is 2.62 bits per heavy atom. The first-order valence-electron chi connectivity index (χ1n) is 7.49. The maximum Gasteiger partial charge on any atom is 0.128 e. The second-order valence-electron chi connectivity index (χ2n) is 5.75. The van der Waals surface area contributed by atoms with Crippen molar-refractivity contribution in [2.75, 3.05) is 0 Å². The minimum absolute atomic E-state index is 0.632. The van der Waals surface area contributed by atoms with Gasteiger partial charge in [0.25, 0.3) is 0 Å². The minimum atomic E-state index is 0.632. The number of hydrogen-bond acceptors (Lipinski definition) is 4. The third-order valence-electron chi connectivity index (χ3n) is 4.13. The summed E-state index contributed by atoms with van der Waals surface area (Å²) in [6.07, 6.45) is 8.41. The normalized spacial score (nSPS) is 16.2. The zero-order chi connectivity index (χ0) is 14.1. The first-order valence-corrected chi connectivity index (χ1v) is 8.30. The number of para-hydroxylation sites is 1. The molecule has 21 heavy (non-hydrogen) atoms. The van der Waals surface area contributed by atoms with E-state index in [2.05, 4.69) is 34.2 Å². The van der Waals surface area contributed by atoms with Gasteiger partial charge >= 0.3 is 0 Å². The van der Waals surface area contributed by atoms with Crippen LogP contribution >= 0.6 is 11.3 Å². The van der Waals surface area contributed by atoms with Crippen LogP contribution in [-0.4, -0.2) is 15.0 Å². The lowest BCUT2D eigenvalue weighted by molar-refractivity contribution is 0.446. The van der Waals surface area contributed by atoms with E-state index >= 15 is 0 Å². The first-order chi connectivity index (χ1) is 10.4. The molecule has 0 amide bonds. The van der Waals surface area contributed by atoms with Crippen molar-refractivity contribution in [1.82, 2.24) is 15.0 Å². The third-order valence-corrected chi connectivity index (χ3v) is 5.19. The molecule has 1 saturated carbocycles. The molecule has 3 aromatic rings. The number of hydrogen-bond donors (Lipinski definition) is 0. The highest BCUT2D eigenvalue weighted by molar-refractivity contribution is 7.18. The Morgan fingerprint density at radius 1 is 1.05 bits per heavy atom. The Labute approximate surface area is 128 Å². The summed E-state index contributed by atoms with van der Waals surface area (Å²) in [5.74, 6) is 2.43. The number of thiazole rings is 1. The van der Waals surface area contributed by atoms with Gasteiger partial charge in [-0.2, -0.15) is 0 Å². The molecule has 0 bridgehead atoms. The Hall–Kier alpha value is -1.81. The number of fused-ring (bicyclic) bond motifs is 1. The maximum absolute atomic E-state index is 4.78. The van der Waals surface area contributed by atoms with Crippen LogP contribution < -0.4 is 0 Å². The van der Waals surface area contributed by atoms with Crippen molar-refractivity contribution in [1.29, 1.82) is 0 Å². The van der Waals surface area contributed by atoms with Gasteiger partial charge in [-0.05, 0) is 42.9 Å². The van der Waals surface area contributed by atoms with Gasteiger partial charge in [0.05, 0.1) is 15.2 Å². The minimum Gasteiger partial charge on any atom is -0.241 e. The van der Waals surface area contributed by atoms with Crippen molar-refractivity contribution in [3.63, 3.8) is 0 Å². The zero-order valence-electron chi connectivity index (χ0n) is 11.8. The molecule has 0 radical (unpaired) electrons. The van der Waals surface area contributed by atoms with E-state index in [1.165, 1.54) is 22.5 Å². The van der Waals surface area contributed by atoms with E-state index in [9.17, 15) is 0 Å². The molecule has 1 unspecified atom stereocenters. The number of benzene rings is 1. The predicted octanol–water partition coefficient (Wildman–Crippen LogP) is 3.90. The van der Waals surface area contributed by atoms with Gasteiger partial charge in [0.2, 0.25) is 0 Å². The molecule has 4 heteroatoms. The molecule has 1 fully saturated rings. The summed E-state index contributed by atoms with van der Waals surface area (Å²) in [6.45, 7) is 0. The highest BCUT2D eigenvalue weighted by atomic mass is 32.1. The molecule has 2 aromatic heterocycles. The van der Waals surface area contributed by atoms with Crippen molar-refractivity contribution in [2.24, 2.45) is 11.8 Å². The van der Waals surface area contributed by atoms with E-state index in [1.807, 2.05) is 29.8 Å². The molecule has 0 N–H and O–H groups in total. The third kappa shape index (κ3) is 2.95. The van der Waals surface area contributed by atoms with E-state index in [4.69, 9.17) is 4.98 Å². The average molecular weight is 295 g/mol. The van der Waals surface area contributed by atoms with Crippen molar-refractivity contribution in [3.05, 3.63) is 53.6 Å². The van der Waals surface area contributed by atoms with Crippen LogP contribution in [0.3, 0.4) is 0 Å². The summed E-state index contributed by atoms with van der Waals surface area (Å²) in [5, 5.41) is 1.25. The largest absolute Gasteiger partial charge is 0.241 e. The average Bonchev–Trinajstić information content (AvgIpc) is 3.28. The Bertz CT molecular complexity index is 701. The molecular formula is C17H17N3S. The second kappa shape index (κ2) is 5.53. The highest BCUT2D eigenvalue weighted by Gasteiger charge is 2.32. The molecule has 3 nitrogen and oxygen atoms in total. The van der Waals surface area contributed by atoms with Crippen LogP contribution in [0, 0.1) is 11.8 Å². The van der Waals surface area contributed by atoms with Crippen LogP contribution in [0.4, 0.5) is 0 Å². The predicted molar refractivity (Wildman–Crippen MR) is 85.3 cm³/mol. The number of aromatic nitrogens is 3. The van der Waals surface area contributed by atoms with Crippen LogP contribution in [0.1, 0.15) is 23.7 Å². The fraction of sp³-hybridized carbons (Fsp3) is 0.353. The second-order valence-corrected chi connectivity index (χ2v) is 6.86. The Kier molecular flexibility index (Phi) is 3.39. The molecule has 0 spiro atoms. The standard InChI is InChI=1S/C17H17N3S/c1-2-5-15-14(4-1)20-17(21-15)11-13(12-6-7-12)10-16-18-8-3-9-19-16/h1-5,8-9,12-13H,6-7,10-11H2. The summed E-state index contributed by atoms with van der Waals surface area (Å²) in [5.41, 5.74) is 1.13. The van der Waals surface area contributed by atoms with Crippen LogP contribution in [0.15, 0.2) is 42.7 Å². The van der Waals surface area contributed by atoms with Crippen molar-refractivity contribution < 1.29 is 0 Å². The highest BCUT2D eigenvalue weighted by Crippen LogP contribution is 2.40. The zero-order valence-corrected chi connectivity index (χ0v) is 12.6. The smallest absolute Gasteiger partial charge is 0.128 e. The summed E-state index contributed by atoms with van der Waals surface area (Å²) in [7, 11) is 0. The molecule has 2 heterocycles. The Morgan fingerprint density at radius 2 is 1.86 bits per heavy atom. The molecule has 4 rings (SSSR count). The van der Waals surface area contributed by atoms with Crippen molar-refractivity contribution >= 4 is 21.6 Å². The van der Waals surface area contributed by atoms with E-state index in [-0.39, 0.29) is 0 Å². The van der Waals surface area contributed by atoms with E-state index in [0.29, 0.717) is 5.92 Å². The van der Waals surface area contributed by atoms with E-state index in [0.717, 1.165) is 30.1 Å². The van der Waals surface area contributed by atoms with E-state index in [1.54, 1.807) is 0 Å².